The van der Waals surface area contributed by atoms with E-state index in [0.717, 1.165) is 18.4 Å². The fourth-order valence-electron chi connectivity index (χ4n) is 2.14. The van der Waals surface area contributed by atoms with Crippen molar-refractivity contribution in [3.8, 4) is 0 Å². The highest BCUT2D eigenvalue weighted by Crippen LogP contribution is 2.19. The van der Waals surface area contributed by atoms with Crippen LogP contribution in [0, 0.1) is 18.8 Å². The highest BCUT2D eigenvalue weighted by molar-refractivity contribution is 7.09. The fourth-order valence-corrected chi connectivity index (χ4v) is 3.00. The van der Waals surface area contributed by atoms with Crippen molar-refractivity contribution in [2.75, 3.05) is 26.7 Å². The predicted molar refractivity (Wildman–Crippen MR) is 68.7 cm³/mol. The van der Waals surface area contributed by atoms with Crippen molar-refractivity contribution in [2.45, 2.75) is 20.4 Å². The lowest BCUT2D eigenvalue weighted by atomic mass is 9.88. The molecule has 90 valence electrons. The minimum absolute atomic E-state index is 0.791. The van der Waals surface area contributed by atoms with Crippen molar-refractivity contribution >= 4 is 11.3 Å². The van der Waals surface area contributed by atoms with Crippen LogP contribution in [0.1, 0.15) is 17.5 Å². The van der Waals surface area contributed by atoms with Crippen molar-refractivity contribution in [1.29, 1.82) is 0 Å². The Labute approximate surface area is 102 Å². The molecule has 4 heteroatoms. The van der Waals surface area contributed by atoms with Gasteiger partial charge < -0.3 is 10.2 Å². The Morgan fingerprint density at radius 2 is 2.38 bits per heavy atom. The lowest BCUT2D eigenvalue weighted by Crippen LogP contribution is -2.47. The van der Waals surface area contributed by atoms with Gasteiger partial charge in [-0.2, -0.15) is 0 Å². The topological polar surface area (TPSA) is 28.2 Å². The third kappa shape index (κ3) is 2.81. The summed E-state index contributed by atoms with van der Waals surface area (Å²) in [7, 11) is 2.21. The fraction of sp³-hybridized carbons (Fsp3) is 0.750. The predicted octanol–water partition coefficient (Wildman–Crippen LogP) is 1.74. The summed E-state index contributed by atoms with van der Waals surface area (Å²) >= 11 is 1.77. The Balaban J connectivity index is 1.79. The normalized spacial score (nSPS) is 18.8. The van der Waals surface area contributed by atoms with Gasteiger partial charge in [0.15, 0.2) is 0 Å². The average molecular weight is 239 g/mol. The molecule has 0 spiro atoms. The molecular formula is C12H21N3S. The van der Waals surface area contributed by atoms with E-state index in [0.29, 0.717) is 0 Å². The van der Waals surface area contributed by atoms with Crippen LogP contribution in [0.4, 0.5) is 0 Å². The molecule has 1 atom stereocenters. The van der Waals surface area contributed by atoms with Crippen molar-refractivity contribution in [3.63, 3.8) is 0 Å². The number of nitrogens with one attached hydrogen (secondary N) is 1. The standard InChI is InChI=1S/C12H21N3S/c1-9(11-4-13-5-11)6-15(3)7-12-10(2)14-8-16-12/h8-9,11,13H,4-7H2,1-3H3. The molecule has 0 amide bonds. The van der Waals surface area contributed by atoms with Crippen LogP contribution in [0.15, 0.2) is 5.51 Å². The first-order valence-corrected chi connectivity index (χ1v) is 6.83. The van der Waals surface area contributed by atoms with Crippen LogP contribution >= 0.6 is 11.3 Å². The van der Waals surface area contributed by atoms with Crippen LogP contribution in [0.3, 0.4) is 0 Å². The first kappa shape index (κ1) is 12.0. The van der Waals surface area contributed by atoms with Crippen molar-refractivity contribution in [1.82, 2.24) is 15.2 Å². The van der Waals surface area contributed by atoms with Gasteiger partial charge in [-0.1, -0.05) is 6.92 Å². The van der Waals surface area contributed by atoms with Gasteiger partial charge in [-0.05, 0) is 38.9 Å². The van der Waals surface area contributed by atoms with E-state index in [1.54, 1.807) is 11.3 Å². The molecule has 16 heavy (non-hydrogen) atoms. The third-order valence-electron chi connectivity index (χ3n) is 3.48. The number of nitrogens with zero attached hydrogens (tertiary/aromatic N) is 2. The van der Waals surface area contributed by atoms with E-state index in [4.69, 9.17) is 0 Å². The molecule has 0 aromatic carbocycles. The van der Waals surface area contributed by atoms with Crippen LogP contribution in [-0.2, 0) is 6.54 Å². The minimum Gasteiger partial charge on any atom is -0.316 e. The van der Waals surface area contributed by atoms with Crippen LogP contribution in [0.25, 0.3) is 0 Å². The smallest absolute Gasteiger partial charge is 0.0798 e. The summed E-state index contributed by atoms with van der Waals surface area (Å²) in [5.41, 5.74) is 3.13. The number of aromatic nitrogens is 1. The second kappa shape index (κ2) is 5.25. The molecule has 0 aliphatic carbocycles. The Morgan fingerprint density at radius 1 is 1.62 bits per heavy atom. The number of hydrogen-bond donors (Lipinski definition) is 1. The van der Waals surface area contributed by atoms with Gasteiger partial charge in [0.25, 0.3) is 0 Å². The zero-order valence-corrected chi connectivity index (χ0v) is 11.2. The molecule has 2 heterocycles. The maximum atomic E-state index is 4.29. The van der Waals surface area contributed by atoms with Gasteiger partial charge in [-0.3, -0.25) is 0 Å². The molecule has 0 bridgehead atoms. The highest BCUT2D eigenvalue weighted by atomic mass is 32.1. The summed E-state index contributed by atoms with van der Waals surface area (Å²) in [5.74, 6) is 1.67. The Bertz CT molecular complexity index is 333. The second-order valence-electron chi connectivity index (χ2n) is 4.95. The summed E-state index contributed by atoms with van der Waals surface area (Å²) < 4.78 is 0. The summed E-state index contributed by atoms with van der Waals surface area (Å²) in [5, 5.41) is 3.34. The molecule has 2 rings (SSSR count). The molecular weight excluding hydrogens is 218 g/mol. The van der Waals surface area contributed by atoms with E-state index in [-0.39, 0.29) is 0 Å². The Hall–Kier alpha value is -0.450. The molecule has 0 radical (unpaired) electrons. The van der Waals surface area contributed by atoms with E-state index in [9.17, 15) is 0 Å². The van der Waals surface area contributed by atoms with Gasteiger partial charge >= 0.3 is 0 Å². The van der Waals surface area contributed by atoms with Gasteiger partial charge in [0.1, 0.15) is 0 Å². The average Bonchev–Trinajstić information content (AvgIpc) is 2.48. The molecule has 1 aromatic rings. The lowest BCUT2D eigenvalue weighted by Gasteiger charge is -2.34. The first-order chi connectivity index (χ1) is 7.66. The molecule has 1 aliphatic heterocycles. The number of hydrogen-bond acceptors (Lipinski definition) is 4. The van der Waals surface area contributed by atoms with Gasteiger partial charge in [-0.25, -0.2) is 4.98 Å². The maximum Gasteiger partial charge on any atom is 0.0798 e. The van der Waals surface area contributed by atoms with Gasteiger partial charge in [0, 0.05) is 18.0 Å². The summed E-state index contributed by atoms with van der Waals surface area (Å²) in [6, 6.07) is 0. The van der Waals surface area contributed by atoms with Gasteiger partial charge in [-0.15, -0.1) is 11.3 Å². The molecule has 1 aromatic heterocycles. The molecule has 1 N–H and O–H groups in total. The molecule has 3 nitrogen and oxygen atoms in total. The quantitative estimate of drug-likeness (QED) is 0.848. The maximum absolute atomic E-state index is 4.29. The molecule has 1 unspecified atom stereocenters. The first-order valence-electron chi connectivity index (χ1n) is 5.95. The van der Waals surface area contributed by atoms with Crippen LogP contribution < -0.4 is 5.32 Å². The van der Waals surface area contributed by atoms with Crippen molar-refractivity contribution < 1.29 is 0 Å². The second-order valence-corrected chi connectivity index (χ2v) is 5.89. The monoisotopic (exact) mass is 239 g/mol. The highest BCUT2D eigenvalue weighted by Gasteiger charge is 2.24. The van der Waals surface area contributed by atoms with E-state index >= 15 is 0 Å². The van der Waals surface area contributed by atoms with E-state index in [1.807, 2.05) is 5.51 Å². The van der Waals surface area contributed by atoms with Gasteiger partial charge in [0.2, 0.25) is 0 Å². The van der Waals surface area contributed by atoms with Gasteiger partial charge in [0.05, 0.1) is 11.2 Å². The molecule has 1 saturated heterocycles. The zero-order chi connectivity index (χ0) is 11.5. The molecule has 1 aliphatic rings. The van der Waals surface area contributed by atoms with E-state index < -0.39 is 0 Å². The number of thiazole rings is 1. The minimum atomic E-state index is 0.791. The Kier molecular flexibility index (Phi) is 3.95. The largest absolute Gasteiger partial charge is 0.316 e. The lowest BCUT2D eigenvalue weighted by molar-refractivity contribution is 0.183. The summed E-state index contributed by atoms with van der Waals surface area (Å²) in [6.07, 6.45) is 0. The number of rotatable bonds is 5. The van der Waals surface area contributed by atoms with E-state index in [1.165, 1.54) is 30.2 Å². The number of aryl methyl sites for hydroxylation is 1. The van der Waals surface area contributed by atoms with E-state index in [2.05, 4.69) is 36.1 Å². The van der Waals surface area contributed by atoms with Crippen LogP contribution in [0.5, 0.6) is 0 Å². The third-order valence-corrected chi connectivity index (χ3v) is 4.40. The van der Waals surface area contributed by atoms with Crippen LogP contribution in [-0.4, -0.2) is 36.6 Å². The summed E-state index contributed by atoms with van der Waals surface area (Å²) in [4.78, 5) is 8.12. The molecule has 1 fully saturated rings. The SMILES string of the molecule is Cc1ncsc1CN(C)CC(C)C1CNC1. The van der Waals surface area contributed by atoms with Crippen molar-refractivity contribution in [3.05, 3.63) is 16.1 Å². The summed E-state index contributed by atoms with van der Waals surface area (Å²) in [6.45, 7) is 9.09. The van der Waals surface area contributed by atoms with Crippen molar-refractivity contribution in [2.24, 2.45) is 11.8 Å². The molecule has 0 saturated carbocycles. The zero-order valence-electron chi connectivity index (χ0n) is 10.4. The Morgan fingerprint density at radius 3 is 2.88 bits per heavy atom. The van der Waals surface area contributed by atoms with Crippen LogP contribution in [0.2, 0.25) is 0 Å².